The van der Waals surface area contributed by atoms with E-state index in [2.05, 4.69) is 5.32 Å². The van der Waals surface area contributed by atoms with E-state index in [1.807, 2.05) is 0 Å². The molecule has 0 heterocycles. The highest BCUT2D eigenvalue weighted by Crippen LogP contribution is 2.00. The number of amides is 1. The number of allylic oxidation sites excluding steroid dienone is 1. The van der Waals surface area contributed by atoms with Crippen LogP contribution in [0, 0.1) is 0 Å². The van der Waals surface area contributed by atoms with Crippen LogP contribution in [0.15, 0.2) is 12.2 Å². The number of hydrogen-bond donors (Lipinski definition) is 3. The molecule has 0 aromatic heterocycles. The molecule has 15 heavy (non-hydrogen) atoms. The van der Waals surface area contributed by atoms with Crippen LogP contribution in [0.25, 0.3) is 0 Å². The Bertz CT molecular complexity index is 239. The predicted molar refractivity (Wildman–Crippen MR) is 57.3 cm³/mol. The lowest BCUT2D eigenvalue weighted by Gasteiger charge is -2.12. The summed E-state index contributed by atoms with van der Waals surface area (Å²) >= 11 is 0. The molecule has 0 aliphatic rings. The first-order valence-electron chi connectivity index (χ1n) is 4.98. The second-order valence-corrected chi connectivity index (χ2v) is 3.18. The summed E-state index contributed by atoms with van der Waals surface area (Å²) in [4.78, 5) is 21.9. The van der Waals surface area contributed by atoms with Gasteiger partial charge in [0.05, 0.1) is 0 Å². The lowest BCUT2D eigenvalue weighted by atomic mass is 10.1. The molecule has 1 unspecified atom stereocenters. The summed E-state index contributed by atoms with van der Waals surface area (Å²) in [6.45, 7) is 2.24. The van der Waals surface area contributed by atoms with E-state index >= 15 is 0 Å². The molecule has 5 nitrogen and oxygen atoms in total. The largest absolute Gasteiger partial charge is 0.480 e. The summed E-state index contributed by atoms with van der Waals surface area (Å²) in [7, 11) is 0. The minimum atomic E-state index is -1.01. The molecule has 0 aromatic rings. The van der Waals surface area contributed by atoms with Crippen molar-refractivity contribution in [3.05, 3.63) is 12.2 Å². The second-order valence-electron chi connectivity index (χ2n) is 3.18. The maximum Gasteiger partial charge on any atom is 0.326 e. The highest BCUT2D eigenvalue weighted by molar-refractivity contribution is 5.90. The maximum absolute atomic E-state index is 11.1. The molecule has 0 bridgehead atoms. The van der Waals surface area contributed by atoms with Crippen LogP contribution in [0.2, 0.25) is 0 Å². The van der Waals surface area contributed by atoms with Gasteiger partial charge in [0.15, 0.2) is 0 Å². The van der Waals surface area contributed by atoms with Gasteiger partial charge in [-0.05, 0) is 38.8 Å². The molecule has 0 saturated carbocycles. The van der Waals surface area contributed by atoms with Gasteiger partial charge in [0.1, 0.15) is 6.04 Å². The summed E-state index contributed by atoms with van der Waals surface area (Å²) < 4.78 is 0. The monoisotopic (exact) mass is 214 g/mol. The molecule has 1 atom stereocenters. The van der Waals surface area contributed by atoms with E-state index in [1.165, 1.54) is 6.08 Å². The van der Waals surface area contributed by atoms with E-state index in [-0.39, 0.29) is 5.91 Å². The van der Waals surface area contributed by atoms with Crippen molar-refractivity contribution in [2.75, 3.05) is 6.54 Å². The lowest BCUT2D eigenvalue weighted by Crippen LogP contribution is -2.39. The Hall–Kier alpha value is -1.36. The van der Waals surface area contributed by atoms with Gasteiger partial charge in [0, 0.05) is 0 Å². The third kappa shape index (κ3) is 6.68. The maximum atomic E-state index is 11.1. The van der Waals surface area contributed by atoms with Crippen LogP contribution in [-0.4, -0.2) is 29.6 Å². The van der Waals surface area contributed by atoms with Crippen LogP contribution in [0.4, 0.5) is 0 Å². The fraction of sp³-hybridized carbons (Fsp3) is 0.600. The summed E-state index contributed by atoms with van der Waals surface area (Å²) in [5, 5.41) is 11.2. The molecule has 0 rings (SSSR count). The third-order valence-electron chi connectivity index (χ3n) is 1.88. The number of carbonyl (C=O) groups excluding carboxylic acids is 1. The molecule has 0 fully saturated rings. The molecule has 4 N–H and O–H groups in total. The van der Waals surface area contributed by atoms with Gasteiger partial charge in [-0.25, -0.2) is 4.79 Å². The molecule has 5 heteroatoms. The van der Waals surface area contributed by atoms with Crippen LogP contribution in [0.3, 0.4) is 0 Å². The third-order valence-corrected chi connectivity index (χ3v) is 1.88. The normalized spacial score (nSPS) is 12.7. The molecule has 0 saturated heterocycles. The quantitative estimate of drug-likeness (QED) is 0.418. The Balaban J connectivity index is 4.04. The van der Waals surface area contributed by atoms with Crippen molar-refractivity contribution in [3.8, 4) is 0 Å². The van der Waals surface area contributed by atoms with E-state index in [0.29, 0.717) is 19.4 Å². The SMILES string of the molecule is CC=CC(=O)NC(CCCCN)C(=O)O. The number of hydrogen-bond acceptors (Lipinski definition) is 3. The number of nitrogens with two attached hydrogens (primary N) is 1. The Morgan fingerprint density at radius 1 is 1.47 bits per heavy atom. The van der Waals surface area contributed by atoms with Crippen molar-refractivity contribution in [3.63, 3.8) is 0 Å². The van der Waals surface area contributed by atoms with Gasteiger partial charge in [-0.1, -0.05) is 6.08 Å². The summed E-state index contributed by atoms with van der Waals surface area (Å²) in [5.74, 6) is -1.39. The summed E-state index contributed by atoms with van der Waals surface area (Å²) in [6, 6.07) is -0.819. The fourth-order valence-corrected chi connectivity index (χ4v) is 1.12. The molecule has 1 amide bonds. The highest BCUT2D eigenvalue weighted by atomic mass is 16.4. The van der Waals surface area contributed by atoms with Crippen molar-refractivity contribution >= 4 is 11.9 Å². The first-order chi connectivity index (χ1) is 7.11. The number of carboxylic acids is 1. The molecule has 0 aliphatic heterocycles. The van der Waals surface area contributed by atoms with Crippen molar-refractivity contribution in [1.29, 1.82) is 0 Å². The Labute approximate surface area is 89.3 Å². The van der Waals surface area contributed by atoms with Crippen LogP contribution in [0.5, 0.6) is 0 Å². The van der Waals surface area contributed by atoms with E-state index in [1.54, 1.807) is 13.0 Å². The van der Waals surface area contributed by atoms with E-state index < -0.39 is 12.0 Å². The van der Waals surface area contributed by atoms with Crippen LogP contribution in [-0.2, 0) is 9.59 Å². The Morgan fingerprint density at radius 3 is 2.60 bits per heavy atom. The Morgan fingerprint density at radius 2 is 2.13 bits per heavy atom. The van der Waals surface area contributed by atoms with Gasteiger partial charge in [0.2, 0.25) is 5.91 Å². The topological polar surface area (TPSA) is 92.4 Å². The molecular weight excluding hydrogens is 196 g/mol. The van der Waals surface area contributed by atoms with Crippen LogP contribution < -0.4 is 11.1 Å². The Kier molecular flexibility index (Phi) is 7.27. The van der Waals surface area contributed by atoms with Gasteiger partial charge < -0.3 is 16.2 Å². The average Bonchev–Trinajstić information content (AvgIpc) is 2.16. The predicted octanol–water partition coefficient (Wildman–Crippen LogP) is 0.261. The first kappa shape index (κ1) is 13.6. The van der Waals surface area contributed by atoms with Gasteiger partial charge in [-0.2, -0.15) is 0 Å². The standard InChI is InChI=1S/C10H18N2O3/c1-2-5-9(13)12-8(10(14)15)6-3-4-7-11/h2,5,8H,3-4,6-7,11H2,1H3,(H,12,13)(H,14,15). The van der Waals surface area contributed by atoms with Crippen molar-refractivity contribution in [2.45, 2.75) is 32.2 Å². The van der Waals surface area contributed by atoms with E-state index in [0.717, 1.165) is 6.42 Å². The molecule has 0 aromatic carbocycles. The summed E-state index contributed by atoms with van der Waals surface area (Å²) in [6.07, 6.45) is 4.75. The molecule has 0 aliphatic carbocycles. The molecule has 86 valence electrons. The van der Waals surface area contributed by atoms with Gasteiger partial charge in [-0.3, -0.25) is 4.79 Å². The van der Waals surface area contributed by atoms with E-state index in [9.17, 15) is 9.59 Å². The molecular formula is C10H18N2O3. The summed E-state index contributed by atoms with van der Waals surface area (Å²) in [5.41, 5.74) is 5.29. The zero-order valence-corrected chi connectivity index (χ0v) is 8.90. The van der Waals surface area contributed by atoms with Gasteiger partial charge in [-0.15, -0.1) is 0 Å². The fourth-order valence-electron chi connectivity index (χ4n) is 1.12. The first-order valence-corrected chi connectivity index (χ1v) is 4.98. The number of rotatable bonds is 7. The highest BCUT2D eigenvalue weighted by Gasteiger charge is 2.17. The zero-order valence-electron chi connectivity index (χ0n) is 8.90. The number of carboxylic acid groups (broad SMARTS) is 1. The number of aliphatic carboxylic acids is 1. The van der Waals surface area contributed by atoms with Gasteiger partial charge in [0.25, 0.3) is 0 Å². The number of unbranched alkanes of at least 4 members (excludes halogenated alkanes) is 1. The average molecular weight is 214 g/mol. The smallest absolute Gasteiger partial charge is 0.326 e. The zero-order chi connectivity index (χ0) is 11.7. The molecule has 0 radical (unpaired) electrons. The lowest BCUT2D eigenvalue weighted by molar-refractivity contribution is -0.141. The second kappa shape index (κ2) is 7.99. The van der Waals surface area contributed by atoms with Crippen LogP contribution in [0.1, 0.15) is 26.2 Å². The number of nitrogens with one attached hydrogen (secondary N) is 1. The minimum Gasteiger partial charge on any atom is -0.480 e. The van der Waals surface area contributed by atoms with Crippen molar-refractivity contribution in [2.24, 2.45) is 5.73 Å². The van der Waals surface area contributed by atoms with Crippen molar-refractivity contribution < 1.29 is 14.7 Å². The van der Waals surface area contributed by atoms with E-state index in [4.69, 9.17) is 10.8 Å². The minimum absolute atomic E-state index is 0.377. The van der Waals surface area contributed by atoms with Crippen molar-refractivity contribution in [1.82, 2.24) is 5.32 Å². The van der Waals surface area contributed by atoms with Crippen LogP contribution >= 0.6 is 0 Å². The number of carbonyl (C=O) groups is 2. The molecule has 0 spiro atoms. The van der Waals surface area contributed by atoms with Gasteiger partial charge >= 0.3 is 5.97 Å².